The summed E-state index contributed by atoms with van der Waals surface area (Å²) < 4.78 is 41.8. The van der Waals surface area contributed by atoms with E-state index in [2.05, 4.69) is 4.98 Å². The van der Waals surface area contributed by atoms with E-state index in [0.29, 0.717) is 5.76 Å². The van der Waals surface area contributed by atoms with Crippen molar-refractivity contribution in [3.8, 4) is 0 Å². The zero-order valence-corrected chi connectivity index (χ0v) is 9.70. The predicted octanol–water partition coefficient (Wildman–Crippen LogP) is 1.19. The fourth-order valence-corrected chi connectivity index (χ4v) is 1.74. The van der Waals surface area contributed by atoms with Gasteiger partial charge in [0.15, 0.2) is 0 Å². The number of alkyl halides is 3. The van der Waals surface area contributed by atoms with Crippen molar-refractivity contribution in [3.05, 3.63) is 12.0 Å². The van der Waals surface area contributed by atoms with E-state index < -0.39 is 18.6 Å². The van der Waals surface area contributed by atoms with Crippen LogP contribution in [-0.2, 0) is 4.79 Å². The maximum absolute atomic E-state index is 12.2. The molecule has 0 aliphatic carbocycles. The van der Waals surface area contributed by atoms with Crippen molar-refractivity contribution in [2.75, 3.05) is 31.1 Å². The number of piperazine rings is 1. The highest BCUT2D eigenvalue weighted by Gasteiger charge is 2.36. The van der Waals surface area contributed by atoms with E-state index in [1.54, 1.807) is 6.92 Å². The Bertz CT molecular complexity index is 444. The van der Waals surface area contributed by atoms with Crippen LogP contribution in [0.3, 0.4) is 0 Å². The fourth-order valence-electron chi connectivity index (χ4n) is 1.74. The Labute approximate surface area is 101 Å². The average Bonchev–Trinajstić information content (AvgIpc) is 2.66. The number of aryl methyl sites for hydroxylation is 1. The second-order valence-electron chi connectivity index (χ2n) is 4.11. The first-order valence-corrected chi connectivity index (χ1v) is 5.37. The Kier molecular flexibility index (Phi) is 3.18. The highest BCUT2D eigenvalue weighted by Crippen LogP contribution is 2.20. The van der Waals surface area contributed by atoms with Crippen molar-refractivity contribution in [2.24, 2.45) is 0 Å². The minimum Gasteiger partial charge on any atom is -0.429 e. The van der Waals surface area contributed by atoms with Gasteiger partial charge in [-0.1, -0.05) is 0 Å². The summed E-state index contributed by atoms with van der Waals surface area (Å²) in [6.07, 6.45) is -2.86. The molecule has 0 atom stereocenters. The van der Waals surface area contributed by atoms with Crippen LogP contribution >= 0.6 is 0 Å². The molecule has 2 heterocycles. The zero-order valence-electron chi connectivity index (χ0n) is 9.70. The van der Waals surface area contributed by atoms with Crippen LogP contribution in [0.15, 0.2) is 10.6 Å². The van der Waals surface area contributed by atoms with Gasteiger partial charge in [-0.25, -0.2) is 4.98 Å². The minimum absolute atomic E-state index is 0.0137. The van der Waals surface area contributed by atoms with Gasteiger partial charge in [0.05, 0.1) is 6.20 Å². The SMILES string of the molecule is Cc1cnc(N2CCN(CC(F)(F)F)C(=O)C2)o1. The third kappa shape index (κ3) is 2.93. The second kappa shape index (κ2) is 4.51. The molecule has 8 heteroatoms. The summed E-state index contributed by atoms with van der Waals surface area (Å²) in [4.78, 5) is 17.8. The summed E-state index contributed by atoms with van der Waals surface area (Å²) in [5, 5.41) is 0. The Morgan fingerprint density at radius 1 is 1.44 bits per heavy atom. The van der Waals surface area contributed by atoms with Gasteiger partial charge in [-0.05, 0) is 6.92 Å². The Balaban J connectivity index is 1.98. The quantitative estimate of drug-likeness (QED) is 0.804. The van der Waals surface area contributed by atoms with Crippen molar-refractivity contribution in [2.45, 2.75) is 13.1 Å². The monoisotopic (exact) mass is 263 g/mol. The van der Waals surface area contributed by atoms with Crippen LogP contribution < -0.4 is 4.90 Å². The molecule has 0 aromatic carbocycles. The van der Waals surface area contributed by atoms with Crippen LogP contribution in [0.2, 0.25) is 0 Å². The van der Waals surface area contributed by atoms with Gasteiger partial charge in [-0.15, -0.1) is 0 Å². The molecule has 2 rings (SSSR count). The van der Waals surface area contributed by atoms with Crippen LogP contribution in [0.5, 0.6) is 0 Å². The first kappa shape index (κ1) is 12.7. The van der Waals surface area contributed by atoms with Gasteiger partial charge in [0.25, 0.3) is 6.01 Å². The number of carbonyl (C=O) groups is 1. The van der Waals surface area contributed by atoms with Crippen LogP contribution in [0.4, 0.5) is 19.2 Å². The van der Waals surface area contributed by atoms with E-state index in [1.807, 2.05) is 0 Å². The number of carbonyl (C=O) groups excluding carboxylic acids is 1. The van der Waals surface area contributed by atoms with Crippen molar-refractivity contribution >= 4 is 11.9 Å². The summed E-state index contributed by atoms with van der Waals surface area (Å²) in [5.41, 5.74) is 0. The molecular weight excluding hydrogens is 251 g/mol. The number of rotatable bonds is 2. The third-order valence-corrected chi connectivity index (χ3v) is 2.57. The van der Waals surface area contributed by atoms with Crippen LogP contribution in [0, 0.1) is 6.92 Å². The minimum atomic E-state index is -4.36. The number of hydrogen-bond acceptors (Lipinski definition) is 4. The molecule has 1 saturated heterocycles. The second-order valence-corrected chi connectivity index (χ2v) is 4.11. The summed E-state index contributed by atoms with van der Waals surface area (Å²) in [5.74, 6) is 0.0181. The van der Waals surface area contributed by atoms with Crippen LogP contribution in [0.1, 0.15) is 5.76 Å². The molecule has 1 amide bonds. The Morgan fingerprint density at radius 3 is 2.67 bits per heavy atom. The summed E-state index contributed by atoms with van der Waals surface area (Å²) in [6.45, 7) is 0.653. The number of oxazole rings is 1. The molecule has 18 heavy (non-hydrogen) atoms. The van der Waals surface area contributed by atoms with Gasteiger partial charge in [-0.3, -0.25) is 4.79 Å². The highest BCUT2D eigenvalue weighted by atomic mass is 19.4. The molecule has 0 spiro atoms. The largest absolute Gasteiger partial charge is 0.429 e. The molecule has 1 fully saturated rings. The van der Waals surface area contributed by atoms with Crippen molar-refractivity contribution in [3.63, 3.8) is 0 Å². The molecular formula is C10H12F3N3O2. The van der Waals surface area contributed by atoms with E-state index >= 15 is 0 Å². The highest BCUT2D eigenvalue weighted by molar-refractivity contribution is 5.82. The predicted molar refractivity (Wildman–Crippen MR) is 56.1 cm³/mol. The van der Waals surface area contributed by atoms with Crippen LogP contribution in [-0.4, -0.2) is 48.1 Å². The summed E-state index contributed by atoms with van der Waals surface area (Å²) in [6, 6.07) is 0.271. The molecule has 1 aromatic rings. The third-order valence-electron chi connectivity index (χ3n) is 2.57. The topological polar surface area (TPSA) is 49.6 Å². The zero-order chi connectivity index (χ0) is 13.3. The van der Waals surface area contributed by atoms with E-state index in [9.17, 15) is 18.0 Å². The van der Waals surface area contributed by atoms with E-state index in [-0.39, 0.29) is 25.6 Å². The van der Waals surface area contributed by atoms with Crippen molar-refractivity contribution in [1.29, 1.82) is 0 Å². The first-order chi connectivity index (χ1) is 8.35. The smallest absolute Gasteiger partial charge is 0.406 e. The molecule has 0 saturated carbocycles. The molecule has 5 nitrogen and oxygen atoms in total. The number of halogens is 3. The lowest BCUT2D eigenvalue weighted by Gasteiger charge is -2.33. The number of hydrogen-bond donors (Lipinski definition) is 0. The molecule has 1 aliphatic rings. The number of aromatic nitrogens is 1. The molecule has 100 valence electrons. The molecule has 0 bridgehead atoms. The van der Waals surface area contributed by atoms with Gasteiger partial charge in [-0.2, -0.15) is 13.2 Å². The summed E-state index contributed by atoms with van der Waals surface area (Å²) >= 11 is 0. The van der Waals surface area contributed by atoms with Gasteiger partial charge < -0.3 is 14.2 Å². The molecule has 0 N–H and O–H groups in total. The van der Waals surface area contributed by atoms with Crippen molar-refractivity contribution < 1.29 is 22.4 Å². The fraction of sp³-hybridized carbons (Fsp3) is 0.600. The Morgan fingerprint density at radius 2 is 2.17 bits per heavy atom. The Hall–Kier alpha value is -1.73. The van der Waals surface area contributed by atoms with Crippen LogP contribution in [0.25, 0.3) is 0 Å². The molecule has 0 unspecified atom stereocenters. The lowest BCUT2D eigenvalue weighted by molar-refractivity contribution is -0.161. The van der Waals surface area contributed by atoms with Gasteiger partial charge in [0.2, 0.25) is 5.91 Å². The standard InChI is InChI=1S/C10H12F3N3O2/c1-7-4-14-9(18-7)15-2-3-16(8(17)5-15)6-10(11,12)13/h4H,2-3,5-6H2,1H3. The van der Waals surface area contributed by atoms with E-state index in [1.165, 1.54) is 11.1 Å². The average molecular weight is 263 g/mol. The number of amides is 1. The maximum atomic E-state index is 12.2. The molecule has 1 aromatic heterocycles. The molecule has 0 radical (unpaired) electrons. The number of nitrogens with zero attached hydrogens (tertiary/aromatic N) is 3. The maximum Gasteiger partial charge on any atom is 0.406 e. The van der Waals surface area contributed by atoms with Gasteiger partial charge >= 0.3 is 6.18 Å². The number of anilines is 1. The molecule has 1 aliphatic heterocycles. The van der Waals surface area contributed by atoms with Gasteiger partial charge in [0, 0.05) is 13.1 Å². The van der Waals surface area contributed by atoms with Gasteiger partial charge in [0.1, 0.15) is 18.8 Å². The van der Waals surface area contributed by atoms with E-state index in [0.717, 1.165) is 4.90 Å². The lowest BCUT2D eigenvalue weighted by atomic mass is 10.3. The normalized spacial score (nSPS) is 17.4. The van der Waals surface area contributed by atoms with E-state index in [4.69, 9.17) is 4.42 Å². The lowest BCUT2D eigenvalue weighted by Crippen LogP contribution is -2.53. The van der Waals surface area contributed by atoms with Crippen molar-refractivity contribution in [1.82, 2.24) is 9.88 Å². The first-order valence-electron chi connectivity index (χ1n) is 5.37. The summed E-state index contributed by atoms with van der Waals surface area (Å²) in [7, 11) is 0.